The maximum absolute atomic E-state index is 5.00. The maximum Gasteiger partial charge on any atom is 0.162 e. The van der Waals surface area contributed by atoms with E-state index < -0.39 is 0 Å². The molecule has 1 aromatic heterocycles. The van der Waals surface area contributed by atoms with Crippen molar-refractivity contribution in [2.24, 2.45) is 0 Å². The Kier molecular flexibility index (Phi) is 6.19. The van der Waals surface area contributed by atoms with E-state index in [4.69, 9.17) is 9.97 Å². The number of fused-ring (bicyclic) bond motifs is 1. The molecule has 0 aliphatic rings. The van der Waals surface area contributed by atoms with E-state index in [0.717, 1.165) is 33.8 Å². The number of anilines is 2. The van der Waals surface area contributed by atoms with E-state index >= 15 is 0 Å². The summed E-state index contributed by atoms with van der Waals surface area (Å²) < 4.78 is 0. The first-order chi connectivity index (χ1) is 17.0. The van der Waals surface area contributed by atoms with E-state index in [9.17, 15) is 0 Å². The van der Waals surface area contributed by atoms with Crippen LogP contribution in [0.4, 0.5) is 11.5 Å². The average molecular weight is 459 g/mol. The molecule has 0 saturated carbocycles. The van der Waals surface area contributed by atoms with E-state index in [-0.39, 0.29) is 5.41 Å². The Balaban J connectivity index is 1.55. The number of hydrogen-bond donors (Lipinski definition) is 1. The molecule has 0 aliphatic carbocycles. The molecular formula is C31H30N4. The second kappa shape index (κ2) is 9.59. The van der Waals surface area contributed by atoms with Crippen molar-refractivity contribution in [3.05, 3.63) is 120 Å². The van der Waals surface area contributed by atoms with Gasteiger partial charge in [0, 0.05) is 42.7 Å². The summed E-state index contributed by atoms with van der Waals surface area (Å²) in [6.07, 6.45) is 0. The normalized spacial score (nSPS) is 11.4. The number of hydrogen-bond acceptors (Lipinski definition) is 4. The second-order valence-corrected chi connectivity index (χ2v) is 9.27. The van der Waals surface area contributed by atoms with Crippen molar-refractivity contribution < 1.29 is 0 Å². The Labute approximate surface area is 207 Å². The van der Waals surface area contributed by atoms with Crippen molar-refractivity contribution in [1.29, 1.82) is 0 Å². The van der Waals surface area contributed by atoms with E-state index in [1.807, 2.05) is 32.3 Å². The fourth-order valence-corrected chi connectivity index (χ4v) is 4.49. The molecule has 5 rings (SSSR count). The third-order valence-corrected chi connectivity index (χ3v) is 6.68. The number of rotatable bonds is 7. The van der Waals surface area contributed by atoms with Gasteiger partial charge in [0.05, 0.1) is 5.52 Å². The molecule has 0 unspecified atom stereocenters. The highest BCUT2D eigenvalue weighted by Crippen LogP contribution is 2.33. The molecule has 0 spiro atoms. The monoisotopic (exact) mass is 458 g/mol. The summed E-state index contributed by atoms with van der Waals surface area (Å²) in [5.41, 5.74) is 5.36. The molecule has 0 atom stereocenters. The van der Waals surface area contributed by atoms with Crippen LogP contribution in [-0.2, 0) is 5.41 Å². The van der Waals surface area contributed by atoms with Crippen LogP contribution in [-0.4, -0.2) is 30.6 Å². The van der Waals surface area contributed by atoms with E-state index in [1.165, 1.54) is 11.1 Å². The van der Waals surface area contributed by atoms with Crippen molar-refractivity contribution in [3.63, 3.8) is 0 Å². The molecule has 1 N–H and O–H groups in total. The molecule has 4 nitrogen and oxygen atoms in total. The molecule has 4 heteroatoms. The molecule has 0 radical (unpaired) electrons. The van der Waals surface area contributed by atoms with Gasteiger partial charge in [-0.1, -0.05) is 72.8 Å². The van der Waals surface area contributed by atoms with Crippen LogP contribution in [0.15, 0.2) is 109 Å². The quantitative estimate of drug-likeness (QED) is 0.292. The van der Waals surface area contributed by atoms with Crippen molar-refractivity contribution in [2.45, 2.75) is 12.3 Å². The lowest BCUT2D eigenvalue weighted by molar-refractivity contribution is 0.603. The Morgan fingerprint density at radius 1 is 0.686 bits per heavy atom. The van der Waals surface area contributed by atoms with Gasteiger partial charge < -0.3 is 10.2 Å². The largest absolute Gasteiger partial charge is 0.378 e. The predicted octanol–water partition coefficient (Wildman–Crippen LogP) is 6.78. The van der Waals surface area contributed by atoms with Gasteiger partial charge >= 0.3 is 0 Å². The first kappa shape index (κ1) is 22.6. The van der Waals surface area contributed by atoms with Gasteiger partial charge in [-0.3, -0.25) is 0 Å². The molecule has 174 valence electrons. The third kappa shape index (κ3) is 4.60. The summed E-state index contributed by atoms with van der Waals surface area (Å²) in [5, 5.41) is 4.72. The number of nitrogens with zero attached hydrogens (tertiary/aromatic N) is 3. The summed E-state index contributed by atoms with van der Waals surface area (Å²) in [7, 11) is 4.08. The number of aromatic nitrogens is 2. The van der Waals surface area contributed by atoms with Gasteiger partial charge in [0.25, 0.3) is 0 Å². The zero-order valence-electron chi connectivity index (χ0n) is 20.4. The van der Waals surface area contributed by atoms with Gasteiger partial charge in [0.2, 0.25) is 0 Å². The van der Waals surface area contributed by atoms with E-state index in [1.54, 1.807) is 0 Å². The minimum atomic E-state index is -0.234. The minimum Gasteiger partial charge on any atom is -0.378 e. The van der Waals surface area contributed by atoms with Crippen LogP contribution in [0.25, 0.3) is 22.3 Å². The molecule has 1 heterocycles. The molecule has 0 saturated heterocycles. The van der Waals surface area contributed by atoms with Crippen molar-refractivity contribution >= 4 is 22.4 Å². The lowest BCUT2D eigenvalue weighted by atomic mass is 9.76. The molecule has 0 amide bonds. The standard InChI is InChI=1S/C31H30N4/c1-31(24-12-6-4-7-13-24,25-14-8-5-9-15-25)22-32-30-27-16-10-11-17-28(27)33-29(34-30)23-18-20-26(21-19-23)35(2)3/h4-21H,22H2,1-3H3,(H,32,33,34). The van der Waals surface area contributed by atoms with Gasteiger partial charge in [-0.15, -0.1) is 0 Å². The van der Waals surface area contributed by atoms with Crippen LogP contribution in [0.2, 0.25) is 0 Å². The van der Waals surface area contributed by atoms with Gasteiger partial charge in [0.1, 0.15) is 5.82 Å². The highest BCUT2D eigenvalue weighted by Gasteiger charge is 2.29. The first-order valence-electron chi connectivity index (χ1n) is 11.9. The minimum absolute atomic E-state index is 0.234. The average Bonchev–Trinajstić information content (AvgIpc) is 2.92. The molecule has 4 aromatic carbocycles. The summed E-state index contributed by atoms with van der Waals surface area (Å²) in [5.74, 6) is 1.57. The Morgan fingerprint density at radius 3 is 1.86 bits per heavy atom. The molecule has 35 heavy (non-hydrogen) atoms. The van der Waals surface area contributed by atoms with Crippen LogP contribution >= 0.6 is 0 Å². The fourth-order valence-electron chi connectivity index (χ4n) is 4.49. The van der Waals surface area contributed by atoms with E-state index in [2.05, 4.69) is 108 Å². The van der Waals surface area contributed by atoms with Crippen molar-refractivity contribution in [3.8, 4) is 11.4 Å². The molecule has 5 aromatic rings. The number of benzene rings is 4. The second-order valence-electron chi connectivity index (χ2n) is 9.27. The van der Waals surface area contributed by atoms with Crippen molar-refractivity contribution in [2.75, 3.05) is 30.9 Å². The lowest BCUT2D eigenvalue weighted by Crippen LogP contribution is -2.32. The topological polar surface area (TPSA) is 41.1 Å². The molecule has 0 aliphatic heterocycles. The van der Waals surface area contributed by atoms with Crippen LogP contribution in [0.3, 0.4) is 0 Å². The zero-order chi connectivity index (χ0) is 24.3. The van der Waals surface area contributed by atoms with Gasteiger partial charge in [0.15, 0.2) is 5.82 Å². The number of para-hydroxylation sites is 1. The van der Waals surface area contributed by atoms with Crippen LogP contribution in [0, 0.1) is 0 Å². The summed E-state index contributed by atoms with van der Waals surface area (Å²) >= 11 is 0. The highest BCUT2D eigenvalue weighted by molar-refractivity contribution is 5.90. The zero-order valence-corrected chi connectivity index (χ0v) is 20.4. The van der Waals surface area contributed by atoms with E-state index in [0.29, 0.717) is 6.54 Å². The summed E-state index contributed by atoms with van der Waals surface area (Å²) in [6, 6.07) is 37.9. The summed E-state index contributed by atoms with van der Waals surface area (Å²) in [4.78, 5) is 12.0. The smallest absolute Gasteiger partial charge is 0.162 e. The third-order valence-electron chi connectivity index (χ3n) is 6.68. The molecular weight excluding hydrogens is 428 g/mol. The van der Waals surface area contributed by atoms with Gasteiger partial charge in [-0.05, 0) is 54.4 Å². The Bertz CT molecular complexity index is 1370. The highest BCUT2D eigenvalue weighted by atomic mass is 15.1. The SMILES string of the molecule is CN(C)c1ccc(-c2nc(NCC(C)(c3ccccc3)c3ccccc3)c3ccccc3n2)cc1. The Hall–Kier alpha value is -4.18. The summed E-state index contributed by atoms with van der Waals surface area (Å²) in [6.45, 7) is 2.98. The lowest BCUT2D eigenvalue weighted by Gasteiger charge is -2.32. The maximum atomic E-state index is 5.00. The predicted molar refractivity (Wildman–Crippen MR) is 147 cm³/mol. The Morgan fingerprint density at radius 2 is 1.26 bits per heavy atom. The van der Waals surface area contributed by atoms with Gasteiger partial charge in [-0.2, -0.15) is 0 Å². The molecule has 0 bridgehead atoms. The van der Waals surface area contributed by atoms with Gasteiger partial charge in [-0.25, -0.2) is 9.97 Å². The number of nitrogens with one attached hydrogen (secondary N) is 1. The van der Waals surface area contributed by atoms with Crippen LogP contribution < -0.4 is 10.2 Å². The van der Waals surface area contributed by atoms with Crippen LogP contribution in [0.1, 0.15) is 18.1 Å². The molecule has 0 fully saturated rings. The fraction of sp³-hybridized carbons (Fsp3) is 0.161. The van der Waals surface area contributed by atoms with Crippen molar-refractivity contribution in [1.82, 2.24) is 9.97 Å². The first-order valence-corrected chi connectivity index (χ1v) is 11.9. The van der Waals surface area contributed by atoms with Crippen LogP contribution in [0.5, 0.6) is 0 Å².